The topological polar surface area (TPSA) is 26.3 Å². The van der Waals surface area contributed by atoms with E-state index >= 15 is 0 Å². The number of ether oxygens (including phenoxy) is 1. The van der Waals surface area contributed by atoms with Gasteiger partial charge in [0.2, 0.25) is 0 Å². The van der Waals surface area contributed by atoms with Crippen molar-refractivity contribution in [2.45, 2.75) is 72.3 Å². The smallest absolute Gasteiger partial charge is 0.306 e. The highest BCUT2D eigenvalue weighted by Crippen LogP contribution is 2.25. The number of halogens is 1. The van der Waals surface area contributed by atoms with E-state index < -0.39 is 0 Å². The zero-order valence-electron chi connectivity index (χ0n) is 11.9. The lowest BCUT2D eigenvalue weighted by atomic mass is 9.89. The fraction of sp³-hybridized carbons (Fsp3) is 0.929. The fourth-order valence-electron chi connectivity index (χ4n) is 1.51. The SMILES string of the molecule is CC(C)(CBr)CCCCCC(=O)OC(C)(C)C. The molecule has 0 unspecified atom stereocenters. The number of carbonyl (C=O) groups is 1. The second kappa shape index (κ2) is 7.40. The number of carbonyl (C=O) groups excluding carboxylic acids is 1. The Labute approximate surface area is 115 Å². The van der Waals surface area contributed by atoms with Crippen molar-refractivity contribution in [3.05, 3.63) is 0 Å². The molecule has 0 N–H and O–H groups in total. The van der Waals surface area contributed by atoms with Gasteiger partial charge in [0, 0.05) is 11.8 Å². The Morgan fingerprint density at radius 3 is 2.12 bits per heavy atom. The van der Waals surface area contributed by atoms with Crippen LogP contribution in [-0.4, -0.2) is 16.9 Å². The Hall–Kier alpha value is -0.0500. The van der Waals surface area contributed by atoms with Gasteiger partial charge in [-0.2, -0.15) is 0 Å². The molecular weight excluding hydrogens is 280 g/mol. The molecule has 0 saturated heterocycles. The monoisotopic (exact) mass is 306 g/mol. The first-order chi connectivity index (χ1) is 7.66. The van der Waals surface area contributed by atoms with Gasteiger partial charge in [0.1, 0.15) is 5.60 Å². The molecule has 0 aliphatic carbocycles. The van der Waals surface area contributed by atoms with Crippen LogP contribution in [0.5, 0.6) is 0 Å². The van der Waals surface area contributed by atoms with Crippen LogP contribution in [0, 0.1) is 5.41 Å². The third-order valence-electron chi connectivity index (χ3n) is 2.52. The molecule has 0 fully saturated rings. The summed E-state index contributed by atoms with van der Waals surface area (Å²) in [5.41, 5.74) is 0.0148. The number of hydrogen-bond donors (Lipinski definition) is 0. The third-order valence-corrected chi connectivity index (χ3v) is 4.03. The van der Waals surface area contributed by atoms with Crippen molar-refractivity contribution < 1.29 is 9.53 Å². The molecule has 0 radical (unpaired) electrons. The molecule has 0 atom stereocenters. The lowest BCUT2D eigenvalue weighted by Crippen LogP contribution is -2.23. The van der Waals surface area contributed by atoms with Gasteiger partial charge in [-0.25, -0.2) is 0 Å². The number of unbranched alkanes of at least 4 members (excludes halogenated alkanes) is 2. The second-order valence-corrected chi connectivity index (χ2v) is 7.01. The average Bonchev–Trinajstić information content (AvgIpc) is 2.14. The standard InChI is InChI=1S/C14H27BrO2/c1-13(2,3)17-12(16)9-7-6-8-10-14(4,5)11-15/h6-11H2,1-5H3. The summed E-state index contributed by atoms with van der Waals surface area (Å²) in [4.78, 5) is 11.4. The predicted molar refractivity (Wildman–Crippen MR) is 76.5 cm³/mol. The van der Waals surface area contributed by atoms with E-state index in [9.17, 15) is 4.79 Å². The van der Waals surface area contributed by atoms with Crippen LogP contribution >= 0.6 is 15.9 Å². The highest BCUT2D eigenvalue weighted by molar-refractivity contribution is 9.09. The van der Waals surface area contributed by atoms with Crippen LogP contribution in [0.4, 0.5) is 0 Å². The number of esters is 1. The van der Waals surface area contributed by atoms with E-state index in [2.05, 4.69) is 29.8 Å². The minimum absolute atomic E-state index is 0.0720. The molecule has 0 amide bonds. The highest BCUT2D eigenvalue weighted by Gasteiger charge is 2.17. The largest absolute Gasteiger partial charge is 0.460 e. The van der Waals surface area contributed by atoms with E-state index in [1.165, 1.54) is 12.8 Å². The molecule has 2 nitrogen and oxygen atoms in total. The summed E-state index contributed by atoms with van der Waals surface area (Å²) in [6, 6.07) is 0. The molecule has 0 heterocycles. The Kier molecular flexibility index (Phi) is 7.38. The van der Waals surface area contributed by atoms with Crippen molar-refractivity contribution in [3.63, 3.8) is 0 Å². The Morgan fingerprint density at radius 2 is 1.65 bits per heavy atom. The zero-order chi connectivity index (χ0) is 13.5. The van der Waals surface area contributed by atoms with Crippen molar-refractivity contribution in [1.82, 2.24) is 0 Å². The van der Waals surface area contributed by atoms with Gasteiger partial charge in [-0.1, -0.05) is 42.6 Å². The maximum atomic E-state index is 11.4. The molecule has 0 aromatic heterocycles. The van der Waals surface area contributed by atoms with Gasteiger partial charge in [0.25, 0.3) is 0 Å². The van der Waals surface area contributed by atoms with Crippen LogP contribution in [0.2, 0.25) is 0 Å². The van der Waals surface area contributed by atoms with E-state index in [0.29, 0.717) is 11.8 Å². The summed E-state index contributed by atoms with van der Waals surface area (Å²) in [6.45, 7) is 10.2. The molecule has 102 valence electrons. The first-order valence-corrected chi connectivity index (χ1v) is 7.56. The Bertz CT molecular complexity index is 229. The van der Waals surface area contributed by atoms with Gasteiger partial charge in [-0.15, -0.1) is 0 Å². The summed E-state index contributed by atoms with van der Waals surface area (Å²) in [6.07, 6.45) is 4.98. The van der Waals surface area contributed by atoms with Crippen molar-refractivity contribution in [2.24, 2.45) is 5.41 Å². The van der Waals surface area contributed by atoms with E-state index in [0.717, 1.165) is 18.2 Å². The van der Waals surface area contributed by atoms with E-state index in [1.54, 1.807) is 0 Å². The van der Waals surface area contributed by atoms with Crippen LogP contribution in [0.15, 0.2) is 0 Å². The molecule has 0 aromatic rings. The van der Waals surface area contributed by atoms with Gasteiger partial charge in [0.05, 0.1) is 0 Å². The number of rotatable bonds is 7. The molecule has 0 aliphatic rings. The maximum absolute atomic E-state index is 11.4. The van der Waals surface area contributed by atoms with Gasteiger partial charge in [-0.05, 0) is 39.0 Å². The third kappa shape index (κ3) is 10.8. The number of alkyl halides is 1. The van der Waals surface area contributed by atoms with Crippen LogP contribution < -0.4 is 0 Å². The molecule has 0 aromatic carbocycles. The van der Waals surface area contributed by atoms with Gasteiger partial charge >= 0.3 is 5.97 Å². The Balaban J connectivity index is 3.56. The summed E-state index contributed by atoms with van der Waals surface area (Å²) < 4.78 is 5.26. The quantitative estimate of drug-likeness (QED) is 0.387. The fourth-order valence-corrected chi connectivity index (χ4v) is 1.79. The second-order valence-electron chi connectivity index (χ2n) is 6.44. The van der Waals surface area contributed by atoms with E-state index in [-0.39, 0.29) is 11.6 Å². The Morgan fingerprint density at radius 1 is 1.06 bits per heavy atom. The minimum Gasteiger partial charge on any atom is -0.460 e. The molecular formula is C14H27BrO2. The molecule has 0 bridgehead atoms. The van der Waals surface area contributed by atoms with Gasteiger partial charge in [-0.3, -0.25) is 4.79 Å². The lowest BCUT2D eigenvalue weighted by molar-refractivity contribution is -0.154. The summed E-state index contributed by atoms with van der Waals surface area (Å²) in [5.74, 6) is -0.0720. The van der Waals surface area contributed by atoms with E-state index in [1.807, 2.05) is 20.8 Å². The molecule has 0 rings (SSSR count). The summed E-state index contributed by atoms with van der Waals surface area (Å²) in [5, 5.41) is 1.03. The zero-order valence-corrected chi connectivity index (χ0v) is 13.5. The van der Waals surface area contributed by atoms with Crippen LogP contribution in [0.3, 0.4) is 0 Å². The maximum Gasteiger partial charge on any atom is 0.306 e. The van der Waals surface area contributed by atoms with Crippen LogP contribution in [-0.2, 0) is 9.53 Å². The first kappa shape index (κ1) is 16.9. The van der Waals surface area contributed by atoms with E-state index in [4.69, 9.17) is 4.74 Å². The van der Waals surface area contributed by atoms with Crippen molar-refractivity contribution in [1.29, 1.82) is 0 Å². The normalized spacial score (nSPS) is 12.6. The van der Waals surface area contributed by atoms with Crippen molar-refractivity contribution in [2.75, 3.05) is 5.33 Å². The first-order valence-electron chi connectivity index (χ1n) is 6.44. The van der Waals surface area contributed by atoms with Crippen LogP contribution in [0.1, 0.15) is 66.7 Å². The van der Waals surface area contributed by atoms with Crippen molar-refractivity contribution >= 4 is 21.9 Å². The molecule has 3 heteroatoms. The van der Waals surface area contributed by atoms with Crippen LogP contribution in [0.25, 0.3) is 0 Å². The highest BCUT2D eigenvalue weighted by atomic mass is 79.9. The van der Waals surface area contributed by atoms with Gasteiger partial charge < -0.3 is 4.74 Å². The molecule has 0 saturated carbocycles. The lowest BCUT2D eigenvalue weighted by Gasteiger charge is -2.21. The summed E-state index contributed by atoms with van der Waals surface area (Å²) >= 11 is 3.52. The molecule has 0 aliphatic heterocycles. The summed E-state index contributed by atoms with van der Waals surface area (Å²) in [7, 11) is 0. The minimum atomic E-state index is -0.352. The van der Waals surface area contributed by atoms with Gasteiger partial charge in [0.15, 0.2) is 0 Å². The van der Waals surface area contributed by atoms with Crippen molar-refractivity contribution in [3.8, 4) is 0 Å². The average molecular weight is 307 g/mol. The predicted octanol–water partition coefficient (Wildman–Crippen LogP) is 4.70. The number of hydrogen-bond acceptors (Lipinski definition) is 2. The molecule has 17 heavy (non-hydrogen) atoms. The molecule has 0 spiro atoms.